The molecule has 1 saturated carbocycles. The summed E-state index contributed by atoms with van der Waals surface area (Å²) in [7, 11) is 1.38. The van der Waals surface area contributed by atoms with Crippen molar-refractivity contribution < 1.29 is 9.18 Å². The van der Waals surface area contributed by atoms with E-state index >= 15 is 0 Å². The number of carbonyl (C=O) groups is 1. The Hall–Kier alpha value is -1.13. The molecule has 5 heteroatoms. The van der Waals surface area contributed by atoms with Crippen molar-refractivity contribution >= 4 is 12.2 Å². The molecule has 0 saturated heterocycles. The second-order valence-corrected chi connectivity index (χ2v) is 2.64. The van der Waals surface area contributed by atoms with Crippen LogP contribution >= 0.6 is 0 Å². The Labute approximate surface area is 63.9 Å². The number of hydrogen-bond donors (Lipinski definition) is 1. The summed E-state index contributed by atoms with van der Waals surface area (Å²) in [5, 5.41) is 4.42. The third kappa shape index (κ3) is 2.18. The smallest absolute Gasteiger partial charge is 0.334 e. The molecule has 1 aliphatic carbocycles. The Morgan fingerprint density at radius 1 is 1.82 bits per heavy atom. The molecular formula is C6H10FN3O. The number of primary amides is 1. The fourth-order valence-electron chi connectivity index (χ4n) is 0.495. The lowest BCUT2D eigenvalue weighted by atomic mass is 10.4. The Balaban J connectivity index is 2.40. The molecule has 0 aromatic carbocycles. The van der Waals surface area contributed by atoms with Crippen molar-refractivity contribution in [1.82, 2.24) is 5.01 Å². The Morgan fingerprint density at radius 2 is 2.36 bits per heavy atom. The molecule has 0 aliphatic heterocycles. The third-order valence-electron chi connectivity index (χ3n) is 1.51. The molecule has 4 nitrogen and oxygen atoms in total. The van der Waals surface area contributed by atoms with Crippen LogP contribution in [0.2, 0.25) is 0 Å². The van der Waals surface area contributed by atoms with E-state index in [-0.39, 0.29) is 0 Å². The summed E-state index contributed by atoms with van der Waals surface area (Å²) in [4.78, 5) is 10.3. The van der Waals surface area contributed by atoms with Crippen molar-refractivity contribution in [2.75, 3.05) is 7.05 Å². The van der Waals surface area contributed by atoms with E-state index < -0.39 is 11.7 Å². The van der Waals surface area contributed by atoms with E-state index in [9.17, 15) is 9.18 Å². The number of carbonyl (C=O) groups excluding carboxylic acids is 1. The topological polar surface area (TPSA) is 58.7 Å². The van der Waals surface area contributed by atoms with Crippen molar-refractivity contribution in [2.45, 2.75) is 18.5 Å². The first kappa shape index (κ1) is 7.97. The van der Waals surface area contributed by atoms with Gasteiger partial charge >= 0.3 is 6.03 Å². The van der Waals surface area contributed by atoms with Crippen LogP contribution in [-0.4, -0.2) is 30.0 Å². The van der Waals surface area contributed by atoms with Crippen molar-refractivity contribution in [1.29, 1.82) is 0 Å². The van der Waals surface area contributed by atoms with E-state index in [4.69, 9.17) is 5.73 Å². The van der Waals surface area contributed by atoms with Gasteiger partial charge in [0, 0.05) is 7.05 Å². The van der Waals surface area contributed by atoms with Gasteiger partial charge in [-0.3, -0.25) is 0 Å². The van der Waals surface area contributed by atoms with Gasteiger partial charge in [-0.15, -0.1) is 0 Å². The average Bonchev–Trinajstić information content (AvgIpc) is 2.64. The van der Waals surface area contributed by atoms with Crippen LogP contribution in [-0.2, 0) is 0 Å². The standard InChI is InChI=1S/C6H10FN3O/c1-10(5(8)11)9-4-6(7)2-3-6/h4H,2-3H2,1H3,(H2,8,11)/b9-4+. The number of hydrogen-bond acceptors (Lipinski definition) is 2. The summed E-state index contributed by atoms with van der Waals surface area (Å²) in [5.41, 5.74) is 3.56. The van der Waals surface area contributed by atoms with Crippen LogP contribution < -0.4 is 5.73 Å². The SMILES string of the molecule is CN(/N=C/C1(F)CC1)C(N)=O. The number of alkyl halides is 1. The van der Waals surface area contributed by atoms with Gasteiger partial charge in [-0.1, -0.05) is 0 Å². The molecule has 2 amide bonds. The quantitative estimate of drug-likeness (QED) is 0.462. The van der Waals surface area contributed by atoms with Crippen LogP contribution in [0.1, 0.15) is 12.8 Å². The molecule has 0 atom stereocenters. The highest BCUT2D eigenvalue weighted by Crippen LogP contribution is 2.37. The molecule has 62 valence electrons. The molecular weight excluding hydrogens is 149 g/mol. The maximum absolute atomic E-state index is 12.8. The first-order valence-corrected chi connectivity index (χ1v) is 3.31. The summed E-state index contributed by atoms with van der Waals surface area (Å²) >= 11 is 0. The van der Waals surface area contributed by atoms with E-state index in [2.05, 4.69) is 5.10 Å². The van der Waals surface area contributed by atoms with E-state index in [0.29, 0.717) is 12.8 Å². The van der Waals surface area contributed by atoms with Gasteiger partial charge in [0.05, 0.1) is 6.21 Å². The van der Waals surface area contributed by atoms with Gasteiger partial charge in [-0.25, -0.2) is 14.2 Å². The minimum atomic E-state index is -1.27. The van der Waals surface area contributed by atoms with Gasteiger partial charge in [0.25, 0.3) is 0 Å². The molecule has 0 radical (unpaired) electrons. The van der Waals surface area contributed by atoms with Crippen LogP contribution in [0.5, 0.6) is 0 Å². The minimum Gasteiger partial charge on any atom is -0.350 e. The van der Waals surface area contributed by atoms with E-state index in [1.54, 1.807) is 0 Å². The predicted octanol–water partition coefficient (Wildman–Crippen LogP) is 0.485. The number of rotatable bonds is 2. The molecule has 0 bridgehead atoms. The highest BCUT2D eigenvalue weighted by atomic mass is 19.1. The van der Waals surface area contributed by atoms with Crippen LogP contribution in [0.4, 0.5) is 9.18 Å². The highest BCUT2D eigenvalue weighted by molar-refractivity contribution is 5.76. The summed E-state index contributed by atoms with van der Waals surface area (Å²) in [6, 6.07) is -0.689. The lowest BCUT2D eigenvalue weighted by Gasteiger charge is -2.05. The minimum absolute atomic E-state index is 0.489. The van der Waals surface area contributed by atoms with E-state index in [1.165, 1.54) is 7.05 Å². The molecule has 11 heavy (non-hydrogen) atoms. The summed E-state index contributed by atoms with van der Waals surface area (Å²) < 4.78 is 12.8. The number of nitrogens with zero attached hydrogens (tertiary/aromatic N) is 2. The fourth-order valence-corrected chi connectivity index (χ4v) is 0.495. The molecule has 0 heterocycles. The Bertz CT molecular complexity index is 200. The van der Waals surface area contributed by atoms with Crippen LogP contribution in [0, 0.1) is 0 Å². The van der Waals surface area contributed by atoms with Gasteiger partial charge in [-0.2, -0.15) is 5.10 Å². The molecule has 1 aliphatic rings. The van der Waals surface area contributed by atoms with E-state index in [1.807, 2.05) is 0 Å². The fraction of sp³-hybridized carbons (Fsp3) is 0.667. The van der Waals surface area contributed by atoms with Crippen LogP contribution in [0.15, 0.2) is 5.10 Å². The van der Waals surface area contributed by atoms with Gasteiger partial charge in [0.1, 0.15) is 5.67 Å². The van der Waals surface area contributed by atoms with Gasteiger partial charge in [0.2, 0.25) is 0 Å². The average molecular weight is 159 g/mol. The van der Waals surface area contributed by atoms with Crippen molar-refractivity contribution in [3.63, 3.8) is 0 Å². The Kier molecular flexibility index (Phi) is 1.80. The second kappa shape index (κ2) is 2.48. The zero-order chi connectivity index (χ0) is 8.48. The monoisotopic (exact) mass is 159 g/mol. The number of urea groups is 1. The zero-order valence-electron chi connectivity index (χ0n) is 6.25. The van der Waals surface area contributed by atoms with Crippen LogP contribution in [0.3, 0.4) is 0 Å². The molecule has 2 N–H and O–H groups in total. The van der Waals surface area contributed by atoms with Crippen molar-refractivity contribution in [2.24, 2.45) is 10.8 Å². The predicted molar refractivity (Wildman–Crippen MR) is 38.9 cm³/mol. The number of amides is 2. The first-order chi connectivity index (χ1) is 5.03. The number of halogens is 1. The summed E-state index contributed by atoms with van der Waals surface area (Å²) in [5.74, 6) is 0. The van der Waals surface area contributed by atoms with Gasteiger partial charge in [-0.05, 0) is 12.8 Å². The molecule has 0 aromatic heterocycles. The second-order valence-electron chi connectivity index (χ2n) is 2.64. The molecule has 0 unspecified atom stereocenters. The molecule has 0 aromatic rings. The molecule has 0 spiro atoms. The highest BCUT2D eigenvalue weighted by Gasteiger charge is 2.41. The number of hydrazone groups is 1. The number of nitrogens with two attached hydrogens (primary N) is 1. The zero-order valence-corrected chi connectivity index (χ0v) is 6.25. The Morgan fingerprint density at radius 3 is 2.73 bits per heavy atom. The maximum Gasteiger partial charge on any atom is 0.334 e. The first-order valence-electron chi connectivity index (χ1n) is 3.31. The summed E-state index contributed by atoms with van der Waals surface area (Å²) in [6.07, 6.45) is 2.10. The molecule has 1 fully saturated rings. The van der Waals surface area contributed by atoms with E-state index in [0.717, 1.165) is 11.2 Å². The van der Waals surface area contributed by atoms with Crippen LogP contribution in [0.25, 0.3) is 0 Å². The van der Waals surface area contributed by atoms with Gasteiger partial charge in [0.15, 0.2) is 0 Å². The van der Waals surface area contributed by atoms with Crippen molar-refractivity contribution in [3.8, 4) is 0 Å². The summed E-state index contributed by atoms with van der Waals surface area (Å²) in [6.45, 7) is 0. The lowest BCUT2D eigenvalue weighted by molar-refractivity contribution is 0.220. The maximum atomic E-state index is 12.8. The van der Waals surface area contributed by atoms with Gasteiger partial charge < -0.3 is 5.73 Å². The lowest BCUT2D eigenvalue weighted by Crippen LogP contribution is -2.28. The normalized spacial score (nSPS) is 20.2. The van der Waals surface area contributed by atoms with Crippen molar-refractivity contribution in [3.05, 3.63) is 0 Å². The third-order valence-corrected chi connectivity index (χ3v) is 1.51. The largest absolute Gasteiger partial charge is 0.350 e. The molecule has 1 rings (SSSR count).